The van der Waals surface area contributed by atoms with Crippen molar-refractivity contribution in [3.8, 4) is 0 Å². The highest BCUT2D eigenvalue weighted by Gasteiger charge is 2.16. The Hall–Kier alpha value is -1.40. The van der Waals surface area contributed by atoms with E-state index in [1.165, 1.54) is 0 Å². The van der Waals surface area contributed by atoms with Crippen LogP contribution in [-0.2, 0) is 16.0 Å². The Balaban J connectivity index is 1.92. The number of rotatable bonds is 5. The summed E-state index contributed by atoms with van der Waals surface area (Å²) in [6.45, 7) is 6.25. The highest BCUT2D eigenvalue weighted by molar-refractivity contribution is 5.77. The summed E-state index contributed by atoms with van der Waals surface area (Å²) in [6.07, 6.45) is 4.35. The van der Waals surface area contributed by atoms with Crippen molar-refractivity contribution in [1.29, 1.82) is 0 Å². The highest BCUT2D eigenvalue weighted by Crippen LogP contribution is 2.10. The molecule has 100 valence electrons. The lowest BCUT2D eigenvalue weighted by atomic mass is 10.3. The molecule has 1 aromatic rings. The minimum Gasteiger partial charge on any atom is -0.379 e. The summed E-state index contributed by atoms with van der Waals surface area (Å²) in [6, 6.07) is -0.341. The van der Waals surface area contributed by atoms with E-state index in [1.54, 1.807) is 13.1 Å². The third-order valence-electron chi connectivity index (χ3n) is 3.33. The third-order valence-corrected chi connectivity index (χ3v) is 3.33. The second-order valence-electron chi connectivity index (χ2n) is 4.53. The Bertz CT molecular complexity index is 399. The first kappa shape index (κ1) is 13.0. The summed E-state index contributed by atoms with van der Waals surface area (Å²) in [5.74, 6) is 0.577. The number of primary amides is 1. The van der Waals surface area contributed by atoms with Gasteiger partial charge in [0.15, 0.2) is 0 Å². The zero-order chi connectivity index (χ0) is 13.0. The lowest BCUT2D eigenvalue weighted by molar-refractivity contribution is -0.120. The molecule has 1 aromatic heterocycles. The Kier molecular flexibility index (Phi) is 4.33. The van der Waals surface area contributed by atoms with Crippen LogP contribution in [-0.4, -0.2) is 53.2 Å². The molecule has 2 heterocycles. The molecule has 0 aliphatic carbocycles. The van der Waals surface area contributed by atoms with Gasteiger partial charge in [-0.3, -0.25) is 9.69 Å². The molecule has 0 radical (unpaired) electrons. The van der Waals surface area contributed by atoms with E-state index in [-0.39, 0.29) is 11.9 Å². The standard InChI is InChI=1S/C12H20N4O2/c1-10(12(13)17)16-5-3-14-11(16)2-4-15-6-8-18-9-7-15/h3,5,10H,2,4,6-9H2,1H3,(H2,13,17). The van der Waals surface area contributed by atoms with E-state index >= 15 is 0 Å². The Morgan fingerprint density at radius 1 is 1.56 bits per heavy atom. The molecule has 0 aromatic carbocycles. The highest BCUT2D eigenvalue weighted by atomic mass is 16.5. The molecule has 0 spiro atoms. The molecule has 2 rings (SSSR count). The quantitative estimate of drug-likeness (QED) is 0.788. The number of amides is 1. The van der Waals surface area contributed by atoms with Gasteiger partial charge in [0.2, 0.25) is 5.91 Å². The van der Waals surface area contributed by atoms with Gasteiger partial charge in [0.25, 0.3) is 0 Å². The summed E-state index contributed by atoms with van der Waals surface area (Å²) in [7, 11) is 0. The molecule has 18 heavy (non-hydrogen) atoms. The van der Waals surface area contributed by atoms with Gasteiger partial charge in [-0.05, 0) is 6.92 Å². The van der Waals surface area contributed by atoms with Crippen LogP contribution in [0.25, 0.3) is 0 Å². The molecule has 1 aliphatic rings. The molecule has 2 N–H and O–H groups in total. The first-order valence-electron chi connectivity index (χ1n) is 6.29. The lowest BCUT2D eigenvalue weighted by Crippen LogP contribution is -2.38. The van der Waals surface area contributed by atoms with Crippen LogP contribution < -0.4 is 5.73 Å². The lowest BCUT2D eigenvalue weighted by Gasteiger charge is -2.26. The fourth-order valence-electron chi connectivity index (χ4n) is 2.11. The second-order valence-corrected chi connectivity index (χ2v) is 4.53. The molecule has 0 bridgehead atoms. The number of aromatic nitrogens is 2. The van der Waals surface area contributed by atoms with Crippen LogP contribution in [0.15, 0.2) is 12.4 Å². The SMILES string of the molecule is CC(C(N)=O)n1ccnc1CCN1CCOCC1. The van der Waals surface area contributed by atoms with Crippen LogP contribution in [0, 0.1) is 0 Å². The van der Waals surface area contributed by atoms with E-state index in [2.05, 4.69) is 9.88 Å². The molecule has 1 atom stereocenters. The average Bonchev–Trinajstić information content (AvgIpc) is 2.84. The summed E-state index contributed by atoms with van der Waals surface area (Å²) < 4.78 is 7.16. The van der Waals surface area contributed by atoms with Gasteiger partial charge in [-0.25, -0.2) is 4.98 Å². The van der Waals surface area contributed by atoms with E-state index in [4.69, 9.17) is 10.5 Å². The van der Waals surface area contributed by atoms with Crippen molar-refractivity contribution in [2.75, 3.05) is 32.8 Å². The van der Waals surface area contributed by atoms with Gasteiger partial charge < -0.3 is 15.0 Å². The number of nitrogens with zero attached hydrogens (tertiary/aromatic N) is 3. The van der Waals surface area contributed by atoms with Crippen molar-refractivity contribution in [3.63, 3.8) is 0 Å². The van der Waals surface area contributed by atoms with E-state index in [0.29, 0.717) is 0 Å². The van der Waals surface area contributed by atoms with Gasteiger partial charge in [-0.15, -0.1) is 0 Å². The van der Waals surface area contributed by atoms with Gasteiger partial charge in [-0.1, -0.05) is 0 Å². The molecular weight excluding hydrogens is 232 g/mol. The zero-order valence-electron chi connectivity index (χ0n) is 10.7. The molecule has 1 fully saturated rings. The molecule has 1 saturated heterocycles. The zero-order valence-corrected chi connectivity index (χ0v) is 10.7. The van der Waals surface area contributed by atoms with E-state index in [9.17, 15) is 4.79 Å². The van der Waals surface area contributed by atoms with Crippen molar-refractivity contribution in [3.05, 3.63) is 18.2 Å². The number of hydrogen-bond donors (Lipinski definition) is 1. The summed E-state index contributed by atoms with van der Waals surface area (Å²) >= 11 is 0. The number of morpholine rings is 1. The molecule has 1 aliphatic heterocycles. The molecule has 0 saturated carbocycles. The average molecular weight is 252 g/mol. The van der Waals surface area contributed by atoms with Crippen molar-refractivity contribution in [2.24, 2.45) is 5.73 Å². The maximum absolute atomic E-state index is 11.2. The maximum Gasteiger partial charge on any atom is 0.240 e. The molecule has 1 amide bonds. The monoisotopic (exact) mass is 252 g/mol. The predicted octanol–water partition coefficient (Wildman–Crippen LogP) is -0.196. The summed E-state index contributed by atoms with van der Waals surface area (Å²) in [4.78, 5) is 17.8. The van der Waals surface area contributed by atoms with Gasteiger partial charge in [-0.2, -0.15) is 0 Å². The Morgan fingerprint density at radius 2 is 2.28 bits per heavy atom. The number of carbonyl (C=O) groups is 1. The van der Waals surface area contributed by atoms with E-state index in [0.717, 1.165) is 45.1 Å². The molecular formula is C12H20N4O2. The second kappa shape index (κ2) is 5.97. The number of ether oxygens (including phenoxy) is 1. The minimum absolute atomic E-state index is 0.333. The number of imidazole rings is 1. The Morgan fingerprint density at radius 3 is 2.94 bits per heavy atom. The first-order valence-corrected chi connectivity index (χ1v) is 6.29. The molecule has 6 heteroatoms. The number of hydrogen-bond acceptors (Lipinski definition) is 4. The van der Waals surface area contributed by atoms with Crippen LogP contribution >= 0.6 is 0 Å². The van der Waals surface area contributed by atoms with Crippen molar-refractivity contribution >= 4 is 5.91 Å². The van der Waals surface area contributed by atoms with Crippen LogP contribution in [0.2, 0.25) is 0 Å². The predicted molar refractivity (Wildman–Crippen MR) is 67.1 cm³/mol. The fraction of sp³-hybridized carbons (Fsp3) is 0.667. The normalized spacial score (nSPS) is 18.7. The fourth-order valence-corrected chi connectivity index (χ4v) is 2.11. The molecule has 6 nitrogen and oxygen atoms in total. The first-order chi connectivity index (χ1) is 8.68. The smallest absolute Gasteiger partial charge is 0.240 e. The van der Waals surface area contributed by atoms with Gasteiger partial charge in [0.05, 0.1) is 13.2 Å². The van der Waals surface area contributed by atoms with E-state index in [1.807, 2.05) is 10.8 Å². The third kappa shape index (κ3) is 3.08. The summed E-state index contributed by atoms with van der Waals surface area (Å²) in [5.41, 5.74) is 5.32. The van der Waals surface area contributed by atoms with Crippen LogP contribution in [0.4, 0.5) is 0 Å². The molecule has 1 unspecified atom stereocenters. The largest absolute Gasteiger partial charge is 0.379 e. The Labute approximate surface area is 107 Å². The maximum atomic E-state index is 11.2. The van der Waals surface area contributed by atoms with Gasteiger partial charge in [0, 0.05) is 38.4 Å². The van der Waals surface area contributed by atoms with Crippen LogP contribution in [0.1, 0.15) is 18.8 Å². The number of carbonyl (C=O) groups excluding carboxylic acids is 1. The van der Waals surface area contributed by atoms with Crippen LogP contribution in [0.5, 0.6) is 0 Å². The number of nitrogens with two attached hydrogens (primary N) is 1. The minimum atomic E-state index is -0.341. The van der Waals surface area contributed by atoms with Crippen molar-refractivity contribution in [2.45, 2.75) is 19.4 Å². The summed E-state index contributed by atoms with van der Waals surface area (Å²) in [5, 5.41) is 0. The van der Waals surface area contributed by atoms with Gasteiger partial charge in [0.1, 0.15) is 11.9 Å². The van der Waals surface area contributed by atoms with Crippen molar-refractivity contribution < 1.29 is 9.53 Å². The van der Waals surface area contributed by atoms with E-state index < -0.39 is 0 Å². The van der Waals surface area contributed by atoms with Crippen molar-refractivity contribution in [1.82, 2.24) is 14.5 Å². The van der Waals surface area contributed by atoms with Gasteiger partial charge >= 0.3 is 0 Å². The topological polar surface area (TPSA) is 73.4 Å². The van der Waals surface area contributed by atoms with Crippen LogP contribution in [0.3, 0.4) is 0 Å².